The van der Waals surface area contributed by atoms with Gasteiger partial charge in [0.1, 0.15) is 0 Å². The molecule has 0 aliphatic heterocycles. The number of hydrogen-bond acceptors (Lipinski definition) is 4. The number of aromatic carboxylic acids is 1. The van der Waals surface area contributed by atoms with Crippen molar-refractivity contribution in [1.82, 2.24) is 20.3 Å². The van der Waals surface area contributed by atoms with Crippen molar-refractivity contribution in [2.24, 2.45) is 0 Å². The highest BCUT2D eigenvalue weighted by molar-refractivity contribution is 5.84. The fraction of sp³-hybridized carbons (Fsp3) is 0.500. The molecular formula is C18H24N4O2. The Morgan fingerprint density at radius 3 is 2.88 bits per heavy atom. The Bertz CT molecular complexity index is 698. The lowest BCUT2D eigenvalue weighted by atomic mass is 9.90. The minimum Gasteiger partial charge on any atom is -0.476 e. The van der Waals surface area contributed by atoms with Crippen LogP contribution in [0.5, 0.6) is 0 Å². The molecule has 0 amide bonds. The van der Waals surface area contributed by atoms with Gasteiger partial charge < -0.3 is 10.4 Å². The van der Waals surface area contributed by atoms with Gasteiger partial charge in [0.2, 0.25) is 0 Å². The van der Waals surface area contributed by atoms with E-state index in [1.165, 1.54) is 17.5 Å². The third-order valence-electron chi connectivity index (χ3n) is 4.77. The van der Waals surface area contributed by atoms with Crippen LogP contribution in [0.15, 0.2) is 30.5 Å². The molecule has 6 heteroatoms. The van der Waals surface area contributed by atoms with Crippen LogP contribution in [0.2, 0.25) is 0 Å². The van der Waals surface area contributed by atoms with Gasteiger partial charge in [0.25, 0.3) is 0 Å². The molecule has 0 unspecified atom stereocenters. The fourth-order valence-corrected chi connectivity index (χ4v) is 3.41. The molecule has 1 aliphatic rings. The van der Waals surface area contributed by atoms with Gasteiger partial charge in [-0.2, -0.15) is 0 Å². The SMILES string of the molecule is CCc1cccc(CN[C@@H]2CCCC[C@@H]2n2cc(C(=O)O)nn2)c1. The van der Waals surface area contributed by atoms with Crippen LogP contribution in [-0.2, 0) is 13.0 Å². The van der Waals surface area contributed by atoms with Crippen LogP contribution >= 0.6 is 0 Å². The molecule has 2 aromatic rings. The van der Waals surface area contributed by atoms with Crippen molar-refractivity contribution in [3.63, 3.8) is 0 Å². The van der Waals surface area contributed by atoms with Gasteiger partial charge in [0.05, 0.1) is 12.2 Å². The summed E-state index contributed by atoms with van der Waals surface area (Å²) >= 11 is 0. The highest BCUT2D eigenvalue weighted by Crippen LogP contribution is 2.28. The number of carboxylic acid groups (broad SMARTS) is 1. The molecule has 3 rings (SSSR count). The lowest BCUT2D eigenvalue weighted by Gasteiger charge is -2.32. The van der Waals surface area contributed by atoms with Crippen molar-refractivity contribution >= 4 is 5.97 Å². The quantitative estimate of drug-likeness (QED) is 0.852. The van der Waals surface area contributed by atoms with Gasteiger partial charge in [-0.05, 0) is 30.4 Å². The van der Waals surface area contributed by atoms with E-state index in [4.69, 9.17) is 5.11 Å². The summed E-state index contributed by atoms with van der Waals surface area (Å²) in [6.45, 7) is 2.98. The molecule has 6 nitrogen and oxygen atoms in total. The first-order chi connectivity index (χ1) is 11.7. The molecule has 1 aromatic carbocycles. The molecule has 1 aliphatic carbocycles. The minimum absolute atomic E-state index is 0.00923. The lowest BCUT2D eigenvalue weighted by Crippen LogP contribution is -2.39. The van der Waals surface area contributed by atoms with E-state index in [0.717, 1.165) is 32.2 Å². The molecule has 1 aromatic heterocycles. The van der Waals surface area contributed by atoms with E-state index in [9.17, 15) is 4.79 Å². The summed E-state index contributed by atoms with van der Waals surface area (Å²) in [6.07, 6.45) is 6.97. The number of aryl methyl sites for hydroxylation is 1. The van der Waals surface area contributed by atoms with Gasteiger partial charge in [-0.1, -0.05) is 49.2 Å². The summed E-state index contributed by atoms with van der Waals surface area (Å²) in [5.74, 6) is -1.03. The predicted octanol–water partition coefficient (Wildman–Crippen LogP) is 2.81. The maximum absolute atomic E-state index is 11.0. The van der Waals surface area contributed by atoms with E-state index in [1.54, 1.807) is 10.9 Å². The minimum atomic E-state index is -1.03. The number of nitrogens with zero attached hydrogens (tertiary/aromatic N) is 3. The maximum atomic E-state index is 11.0. The standard InChI is InChI=1S/C18H24N4O2/c1-2-13-6-5-7-14(10-13)11-19-15-8-3-4-9-17(15)22-12-16(18(23)24)20-21-22/h5-7,10,12,15,17,19H,2-4,8-9,11H2,1H3,(H,23,24)/t15-,17+/m1/s1. The van der Waals surface area contributed by atoms with Crippen LogP contribution < -0.4 is 5.32 Å². The summed E-state index contributed by atoms with van der Waals surface area (Å²) in [5, 5.41) is 20.5. The van der Waals surface area contributed by atoms with Gasteiger partial charge in [0.15, 0.2) is 5.69 Å². The normalized spacial score (nSPS) is 20.9. The molecule has 2 N–H and O–H groups in total. The van der Waals surface area contributed by atoms with Crippen molar-refractivity contribution in [2.75, 3.05) is 0 Å². The largest absolute Gasteiger partial charge is 0.476 e. The molecular weight excluding hydrogens is 304 g/mol. The smallest absolute Gasteiger partial charge is 0.358 e. The second-order valence-electron chi connectivity index (χ2n) is 6.40. The zero-order valence-corrected chi connectivity index (χ0v) is 14.0. The highest BCUT2D eigenvalue weighted by Gasteiger charge is 2.27. The Morgan fingerprint density at radius 2 is 2.12 bits per heavy atom. The summed E-state index contributed by atoms with van der Waals surface area (Å²) in [4.78, 5) is 11.0. The summed E-state index contributed by atoms with van der Waals surface area (Å²) in [5.41, 5.74) is 2.63. The zero-order chi connectivity index (χ0) is 16.9. The Kier molecular flexibility index (Phi) is 5.25. The summed E-state index contributed by atoms with van der Waals surface area (Å²) in [6, 6.07) is 9.08. The van der Waals surface area contributed by atoms with Crippen LogP contribution in [0.3, 0.4) is 0 Å². The van der Waals surface area contributed by atoms with E-state index < -0.39 is 5.97 Å². The number of nitrogens with one attached hydrogen (secondary N) is 1. The number of rotatable bonds is 6. The number of benzene rings is 1. The van der Waals surface area contributed by atoms with Crippen molar-refractivity contribution in [2.45, 2.75) is 57.7 Å². The molecule has 1 saturated carbocycles. The highest BCUT2D eigenvalue weighted by atomic mass is 16.4. The fourth-order valence-electron chi connectivity index (χ4n) is 3.41. The first-order valence-corrected chi connectivity index (χ1v) is 8.63. The summed E-state index contributed by atoms with van der Waals surface area (Å²) < 4.78 is 1.72. The van der Waals surface area contributed by atoms with Crippen molar-refractivity contribution < 1.29 is 9.90 Å². The van der Waals surface area contributed by atoms with E-state index in [-0.39, 0.29) is 17.8 Å². The number of hydrogen-bond donors (Lipinski definition) is 2. The third kappa shape index (κ3) is 3.82. The van der Waals surface area contributed by atoms with E-state index >= 15 is 0 Å². The molecule has 0 saturated heterocycles. The van der Waals surface area contributed by atoms with Crippen LogP contribution in [0.4, 0.5) is 0 Å². The van der Waals surface area contributed by atoms with Gasteiger partial charge >= 0.3 is 5.97 Å². The maximum Gasteiger partial charge on any atom is 0.358 e. The Labute approximate surface area is 141 Å². The van der Waals surface area contributed by atoms with Crippen molar-refractivity contribution in [3.05, 3.63) is 47.3 Å². The van der Waals surface area contributed by atoms with Crippen LogP contribution in [0.1, 0.15) is 60.3 Å². The number of carboxylic acids is 1. The average Bonchev–Trinajstić information content (AvgIpc) is 3.10. The van der Waals surface area contributed by atoms with Gasteiger partial charge in [-0.3, -0.25) is 0 Å². The van der Waals surface area contributed by atoms with Crippen LogP contribution in [0.25, 0.3) is 0 Å². The number of carbonyl (C=O) groups is 1. The summed E-state index contributed by atoms with van der Waals surface area (Å²) in [7, 11) is 0. The first kappa shape index (κ1) is 16.6. The zero-order valence-electron chi connectivity index (χ0n) is 14.0. The first-order valence-electron chi connectivity index (χ1n) is 8.63. The second-order valence-corrected chi connectivity index (χ2v) is 6.40. The monoisotopic (exact) mass is 328 g/mol. The Hall–Kier alpha value is -2.21. The molecule has 2 atom stereocenters. The average molecular weight is 328 g/mol. The van der Waals surface area contributed by atoms with E-state index in [0.29, 0.717) is 0 Å². The van der Waals surface area contributed by atoms with Crippen molar-refractivity contribution in [1.29, 1.82) is 0 Å². The van der Waals surface area contributed by atoms with Crippen LogP contribution in [0, 0.1) is 0 Å². The number of aromatic nitrogens is 3. The molecule has 128 valence electrons. The molecule has 1 heterocycles. The Morgan fingerprint density at radius 1 is 1.33 bits per heavy atom. The molecule has 1 fully saturated rings. The predicted molar refractivity (Wildman–Crippen MR) is 90.9 cm³/mol. The topological polar surface area (TPSA) is 80.0 Å². The van der Waals surface area contributed by atoms with Crippen molar-refractivity contribution in [3.8, 4) is 0 Å². The lowest BCUT2D eigenvalue weighted by molar-refractivity contribution is 0.0690. The van der Waals surface area contributed by atoms with Gasteiger partial charge in [0, 0.05) is 12.6 Å². The van der Waals surface area contributed by atoms with Gasteiger partial charge in [-0.25, -0.2) is 9.48 Å². The molecule has 0 spiro atoms. The molecule has 0 bridgehead atoms. The third-order valence-corrected chi connectivity index (χ3v) is 4.77. The van der Waals surface area contributed by atoms with E-state index in [2.05, 4.69) is 46.8 Å². The van der Waals surface area contributed by atoms with E-state index in [1.807, 2.05) is 0 Å². The second kappa shape index (κ2) is 7.57. The van der Waals surface area contributed by atoms with Crippen LogP contribution in [-0.4, -0.2) is 32.1 Å². The Balaban J connectivity index is 1.68. The molecule has 0 radical (unpaired) electrons. The van der Waals surface area contributed by atoms with Gasteiger partial charge in [-0.15, -0.1) is 5.10 Å². The molecule has 24 heavy (non-hydrogen) atoms.